The molecule has 0 spiro atoms. The Morgan fingerprint density at radius 3 is 2.75 bits per heavy atom. The van der Waals surface area contributed by atoms with Crippen molar-refractivity contribution < 1.29 is 9.53 Å². The number of nitrogens with one attached hydrogen (secondary N) is 1. The van der Waals surface area contributed by atoms with Crippen LogP contribution in [0.4, 0.5) is 0 Å². The number of carbonyl (C=O) groups excluding carboxylic acids is 1. The number of hydrogen-bond acceptors (Lipinski definition) is 3. The van der Waals surface area contributed by atoms with Gasteiger partial charge in [-0.25, -0.2) is 4.98 Å². The van der Waals surface area contributed by atoms with E-state index >= 15 is 0 Å². The van der Waals surface area contributed by atoms with Gasteiger partial charge in [0.25, 0.3) is 0 Å². The molecule has 1 rings (SSSR count). The molecule has 0 atom stereocenters. The fraction of sp³-hybridized carbons (Fsp3) is 0.333. The maximum Gasteiger partial charge on any atom is 0.311 e. The van der Waals surface area contributed by atoms with Crippen LogP contribution in [0.25, 0.3) is 0 Å². The van der Waals surface area contributed by atoms with Gasteiger partial charge in [0.2, 0.25) is 0 Å². The number of rotatable bonds is 2. The molecule has 0 amide bonds. The van der Waals surface area contributed by atoms with Crippen LogP contribution in [-0.4, -0.2) is 23.0 Å². The monoisotopic (exact) mass is 212 g/mol. The highest BCUT2D eigenvalue weighted by atomic mass is 35.5. The Bertz CT molecular complexity index is 213. The first-order valence-electron chi connectivity index (χ1n) is 2.87. The SMILES string of the molecule is COC(=O)Cc1cnc[nH]1.Cl.Cl. The molecule has 0 saturated heterocycles. The van der Waals surface area contributed by atoms with Crippen molar-refractivity contribution >= 4 is 30.8 Å². The Hall–Kier alpha value is -0.740. The lowest BCUT2D eigenvalue weighted by Crippen LogP contribution is -2.04. The molecule has 1 heterocycles. The van der Waals surface area contributed by atoms with E-state index < -0.39 is 0 Å². The van der Waals surface area contributed by atoms with Crippen LogP contribution in [0, 0.1) is 0 Å². The molecule has 0 fully saturated rings. The lowest BCUT2D eigenvalue weighted by molar-refractivity contribution is -0.139. The highest BCUT2D eigenvalue weighted by Crippen LogP contribution is 1.92. The second-order valence-corrected chi connectivity index (χ2v) is 1.83. The fourth-order valence-electron chi connectivity index (χ4n) is 0.609. The maximum atomic E-state index is 10.6. The van der Waals surface area contributed by atoms with E-state index in [1.807, 2.05) is 0 Å². The van der Waals surface area contributed by atoms with Gasteiger partial charge in [-0.2, -0.15) is 0 Å². The van der Waals surface area contributed by atoms with Gasteiger partial charge in [-0.15, -0.1) is 24.8 Å². The van der Waals surface area contributed by atoms with E-state index in [-0.39, 0.29) is 37.2 Å². The molecule has 4 nitrogen and oxygen atoms in total. The summed E-state index contributed by atoms with van der Waals surface area (Å²) in [5.41, 5.74) is 0.770. The number of carbonyl (C=O) groups is 1. The van der Waals surface area contributed by atoms with E-state index in [0.29, 0.717) is 0 Å². The van der Waals surface area contributed by atoms with Gasteiger partial charge in [0.05, 0.1) is 19.9 Å². The zero-order valence-electron chi connectivity index (χ0n) is 6.44. The third-order valence-corrected chi connectivity index (χ3v) is 1.12. The topological polar surface area (TPSA) is 55.0 Å². The van der Waals surface area contributed by atoms with Gasteiger partial charge in [-0.1, -0.05) is 0 Å². The third kappa shape index (κ3) is 4.20. The van der Waals surface area contributed by atoms with Crippen molar-refractivity contribution in [3.8, 4) is 0 Å². The van der Waals surface area contributed by atoms with Gasteiger partial charge >= 0.3 is 5.97 Å². The molecular formula is C6H10Cl2N2O2. The zero-order chi connectivity index (χ0) is 7.40. The van der Waals surface area contributed by atoms with Crippen molar-refractivity contribution in [2.75, 3.05) is 7.11 Å². The minimum atomic E-state index is -0.260. The lowest BCUT2D eigenvalue weighted by Gasteiger charge is -1.93. The molecule has 0 saturated carbocycles. The maximum absolute atomic E-state index is 10.6. The summed E-state index contributed by atoms with van der Waals surface area (Å²) < 4.78 is 4.44. The van der Waals surface area contributed by atoms with E-state index in [1.165, 1.54) is 13.4 Å². The van der Waals surface area contributed by atoms with Crippen molar-refractivity contribution in [2.24, 2.45) is 0 Å². The van der Waals surface area contributed by atoms with E-state index in [2.05, 4.69) is 14.7 Å². The predicted octanol–water partition coefficient (Wildman–Crippen LogP) is 0.969. The van der Waals surface area contributed by atoms with Crippen molar-refractivity contribution in [1.82, 2.24) is 9.97 Å². The van der Waals surface area contributed by atoms with Crippen molar-refractivity contribution in [2.45, 2.75) is 6.42 Å². The number of halogens is 2. The normalized spacial score (nSPS) is 7.75. The third-order valence-electron chi connectivity index (χ3n) is 1.12. The van der Waals surface area contributed by atoms with Crippen LogP contribution in [0.2, 0.25) is 0 Å². The summed E-state index contributed by atoms with van der Waals surface area (Å²) in [6, 6.07) is 0. The Labute approximate surface area is 82.5 Å². The quantitative estimate of drug-likeness (QED) is 0.744. The van der Waals surface area contributed by atoms with E-state index in [0.717, 1.165) is 5.69 Å². The predicted molar refractivity (Wildman–Crippen MR) is 48.8 cm³/mol. The molecular weight excluding hydrogens is 203 g/mol. The highest BCUT2D eigenvalue weighted by Gasteiger charge is 2.01. The molecule has 1 aromatic heterocycles. The van der Waals surface area contributed by atoms with Gasteiger partial charge in [0, 0.05) is 11.9 Å². The Morgan fingerprint density at radius 1 is 1.67 bits per heavy atom. The van der Waals surface area contributed by atoms with Gasteiger partial charge in [-0.05, 0) is 0 Å². The Morgan fingerprint density at radius 2 is 2.33 bits per heavy atom. The van der Waals surface area contributed by atoms with Gasteiger partial charge < -0.3 is 9.72 Å². The summed E-state index contributed by atoms with van der Waals surface area (Å²) in [5.74, 6) is -0.260. The average molecular weight is 213 g/mol. The molecule has 0 aliphatic carbocycles. The standard InChI is InChI=1S/C6H8N2O2.2ClH/c1-10-6(9)2-5-3-7-4-8-5;;/h3-4H,2H2,1H3,(H,7,8);2*1H. The van der Waals surface area contributed by atoms with Gasteiger partial charge in [0.15, 0.2) is 0 Å². The van der Waals surface area contributed by atoms with Crippen molar-refractivity contribution in [1.29, 1.82) is 0 Å². The lowest BCUT2D eigenvalue weighted by atomic mass is 10.3. The Balaban J connectivity index is 0. The van der Waals surface area contributed by atoms with Crippen LogP contribution < -0.4 is 0 Å². The smallest absolute Gasteiger partial charge is 0.311 e. The minimum Gasteiger partial charge on any atom is -0.469 e. The van der Waals surface area contributed by atoms with E-state index in [9.17, 15) is 4.79 Å². The number of aromatic nitrogens is 2. The zero-order valence-corrected chi connectivity index (χ0v) is 8.08. The molecule has 70 valence electrons. The number of aromatic amines is 1. The fourth-order valence-corrected chi connectivity index (χ4v) is 0.609. The molecule has 0 aliphatic heterocycles. The van der Waals surface area contributed by atoms with Crippen LogP contribution >= 0.6 is 24.8 Å². The van der Waals surface area contributed by atoms with Crippen LogP contribution in [0.1, 0.15) is 5.69 Å². The first-order valence-corrected chi connectivity index (χ1v) is 2.87. The summed E-state index contributed by atoms with van der Waals surface area (Å²) in [5, 5.41) is 0. The van der Waals surface area contributed by atoms with Crippen LogP contribution in [0.15, 0.2) is 12.5 Å². The first-order chi connectivity index (χ1) is 4.83. The largest absolute Gasteiger partial charge is 0.469 e. The van der Waals surface area contributed by atoms with Crippen LogP contribution in [0.5, 0.6) is 0 Å². The molecule has 0 aliphatic rings. The first kappa shape index (κ1) is 13.8. The summed E-state index contributed by atoms with van der Waals surface area (Å²) in [6.45, 7) is 0. The second kappa shape index (κ2) is 6.94. The van der Waals surface area contributed by atoms with Crippen LogP contribution in [-0.2, 0) is 16.0 Å². The second-order valence-electron chi connectivity index (χ2n) is 1.83. The molecule has 0 bridgehead atoms. The van der Waals surface area contributed by atoms with Crippen molar-refractivity contribution in [3.05, 3.63) is 18.2 Å². The molecule has 0 radical (unpaired) electrons. The number of methoxy groups -OCH3 is 1. The van der Waals surface area contributed by atoms with Crippen molar-refractivity contribution in [3.63, 3.8) is 0 Å². The number of ether oxygens (including phenoxy) is 1. The number of nitrogens with zero attached hydrogens (tertiary/aromatic N) is 1. The molecule has 1 N–H and O–H groups in total. The van der Waals surface area contributed by atoms with E-state index in [1.54, 1.807) is 6.20 Å². The van der Waals surface area contributed by atoms with E-state index in [4.69, 9.17) is 0 Å². The van der Waals surface area contributed by atoms with Gasteiger partial charge in [0.1, 0.15) is 0 Å². The molecule has 0 unspecified atom stereocenters. The number of esters is 1. The molecule has 1 aromatic rings. The summed E-state index contributed by atoms with van der Waals surface area (Å²) >= 11 is 0. The highest BCUT2D eigenvalue weighted by molar-refractivity contribution is 5.85. The van der Waals surface area contributed by atoms with Crippen LogP contribution in [0.3, 0.4) is 0 Å². The Kier molecular flexibility index (Phi) is 7.99. The average Bonchev–Trinajstić information content (AvgIpc) is 2.40. The summed E-state index contributed by atoms with van der Waals surface area (Å²) in [7, 11) is 1.36. The molecule has 6 heteroatoms. The summed E-state index contributed by atoms with van der Waals surface area (Å²) in [4.78, 5) is 17.1. The number of H-pyrrole nitrogens is 1. The minimum absolute atomic E-state index is 0. The number of hydrogen-bond donors (Lipinski definition) is 1. The summed E-state index contributed by atoms with van der Waals surface area (Å²) in [6.07, 6.45) is 3.38. The molecule has 0 aromatic carbocycles. The van der Waals surface area contributed by atoms with Gasteiger partial charge in [-0.3, -0.25) is 4.79 Å². The molecule has 12 heavy (non-hydrogen) atoms. The number of imidazole rings is 1.